The summed E-state index contributed by atoms with van der Waals surface area (Å²) < 4.78 is 23.5. The Kier molecular flexibility index (Phi) is 9.98. The standard InChI is InChI=1S/C35H37N5O6S/c1-3-47-38-23-7-10-32(29(19-23)30-22-39(2)34(41)33-28(30)11-14-36-33)46-27-6-4-5-26(20-27)45-18-17-44-25-12-15-40(16-13-25)24-8-9-31(35(42)43)37-21-24/h4-11,14,19-22,25,36,38H,3,12-13,15-18H2,1-2H3,(H,42,43). The third-order valence-electron chi connectivity index (χ3n) is 8.01. The van der Waals surface area contributed by atoms with Crippen molar-refractivity contribution >= 4 is 40.2 Å². The highest BCUT2D eigenvalue weighted by Crippen LogP contribution is 2.39. The number of carboxylic acids is 1. The first-order valence-corrected chi connectivity index (χ1v) is 16.5. The quantitative estimate of drug-likeness (QED) is 0.0947. The average Bonchev–Trinajstić information content (AvgIpc) is 3.59. The summed E-state index contributed by atoms with van der Waals surface area (Å²) in [5, 5.41) is 9.89. The maximum atomic E-state index is 12.7. The summed E-state index contributed by atoms with van der Waals surface area (Å²) >= 11 is 1.61. The SMILES string of the molecule is CCSNc1ccc(Oc2cccc(OCCOC3CCN(c4ccc(C(=O)O)nc4)CC3)c2)c(-c2cn(C)c(=O)c3[nH]ccc23)c1. The van der Waals surface area contributed by atoms with Gasteiger partial charge in [-0.1, -0.05) is 24.9 Å². The minimum atomic E-state index is -1.03. The Balaban J connectivity index is 1.07. The molecule has 0 amide bonds. The van der Waals surface area contributed by atoms with Crippen molar-refractivity contribution in [2.45, 2.75) is 25.9 Å². The van der Waals surface area contributed by atoms with Crippen LogP contribution in [0.1, 0.15) is 30.3 Å². The number of hydrogen-bond donors (Lipinski definition) is 3. The topological polar surface area (TPSA) is 131 Å². The van der Waals surface area contributed by atoms with Gasteiger partial charge in [-0.3, -0.25) is 4.79 Å². The molecule has 0 atom stereocenters. The fraction of sp³-hybridized carbons (Fsp3) is 0.286. The maximum absolute atomic E-state index is 12.7. The highest BCUT2D eigenvalue weighted by Gasteiger charge is 2.21. The van der Waals surface area contributed by atoms with Crippen LogP contribution in [0.3, 0.4) is 0 Å². The molecule has 0 saturated carbocycles. The summed E-state index contributed by atoms with van der Waals surface area (Å²) in [4.78, 5) is 33.1. The van der Waals surface area contributed by atoms with Crippen LogP contribution in [0.4, 0.5) is 11.4 Å². The van der Waals surface area contributed by atoms with Crippen molar-refractivity contribution in [2.24, 2.45) is 7.05 Å². The molecule has 0 unspecified atom stereocenters. The van der Waals surface area contributed by atoms with Crippen LogP contribution in [0, 0.1) is 0 Å². The van der Waals surface area contributed by atoms with Gasteiger partial charge in [0.2, 0.25) is 0 Å². The van der Waals surface area contributed by atoms with Crippen LogP contribution in [0.2, 0.25) is 0 Å². The number of aromatic carboxylic acids is 1. The Morgan fingerprint density at radius 2 is 1.89 bits per heavy atom. The number of hydrogen-bond acceptors (Lipinski definition) is 9. The van der Waals surface area contributed by atoms with E-state index in [0.717, 1.165) is 59.6 Å². The van der Waals surface area contributed by atoms with Gasteiger partial charge in [-0.2, -0.15) is 0 Å². The number of fused-ring (bicyclic) bond motifs is 1. The van der Waals surface area contributed by atoms with Crippen LogP contribution >= 0.6 is 11.9 Å². The number of rotatable bonds is 13. The molecule has 0 radical (unpaired) electrons. The largest absolute Gasteiger partial charge is 0.491 e. The van der Waals surface area contributed by atoms with E-state index in [1.54, 1.807) is 42.0 Å². The van der Waals surface area contributed by atoms with Gasteiger partial charge in [0.15, 0.2) is 0 Å². The number of H-pyrrole nitrogens is 1. The number of carboxylic acid groups (broad SMARTS) is 1. The van der Waals surface area contributed by atoms with Crippen LogP contribution < -0.4 is 24.7 Å². The van der Waals surface area contributed by atoms with Crippen LogP contribution in [0.15, 0.2) is 84.0 Å². The number of benzene rings is 2. The minimum absolute atomic E-state index is 0.0432. The van der Waals surface area contributed by atoms with Gasteiger partial charge in [0, 0.05) is 66.6 Å². The van der Waals surface area contributed by atoms with Gasteiger partial charge in [-0.05, 0) is 61.4 Å². The molecule has 6 rings (SSSR count). The number of nitrogens with one attached hydrogen (secondary N) is 2. The fourth-order valence-corrected chi connectivity index (χ4v) is 6.08. The number of aromatic nitrogens is 3. The highest BCUT2D eigenvalue weighted by molar-refractivity contribution is 8.00. The maximum Gasteiger partial charge on any atom is 0.354 e. The predicted octanol–water partition coefficient (Wildman–Crippen LogP) is 6.56. The van der Waals surface area contributed by atoms with Gasteiger partial charge >= 0.3 is 5.97 Å². The first-order chi connectivity index (χ1) is 22.9. The molecule has 5 aromatic rings. The van der Waals surface area contributed by atoms with Crippen molar-refractivity contribution in [2.75, 3.05) is 41.7 Å². The molecular weight excluding hydrogens is 618 g/mol. The molecule has 0 bridgehead atoms. The van der Waals surface area contributed by atoms with E-state index in [1.165, 1.54) is 6.07 Å². The Morgan fingerprint density at radius 3 is 2.66 bits per heavy atom. The Hall–Kier alpha value is -4.94. The summed E-state index contributed by atoms with van der Waals surface area (Å²) in [7, 11) is 1.75. The van der Waals surface area contributed by atoms with Crippen LogP contribution in [-0.4, -0.2) is 63.8 Å². The fourth-order valence-electron chi connectivity index (χ4n) is 5.64. The molecule has 1 aliphatic rings. The lowest BCUT2D eigenvalue weighted by Crippen LogP contribution is -2.37. The molecule has 244 valence electrons. The van der Waals surface area contributed by atoms with E-state index in [-0.39, 0.29) is 17.4 Å². The number of nitrogens with zero attached hydrogens (tertiary/aromatic N) is 3. The van der Waals surface area contributed by atoms with Gasteiger partial charge in [0.05, 0.1) is 24.6 Å². The van der Waals surface area contributed by atoms with Crippen molar-refractivity contribution in [3.63, 3.8) is 0 Å². The molecule has 11 nitrogen and oxygen atoms in total. The average molecular weight is 656 g/mol. The molecule has 3 aromatic heterocycles. The summed E-state index contributed by atoms with van der Waals surface area (Å²) in [6.45, 7) is 4.56. The number of anilines is 2. The molecule has 1 fully saturated rings. The lowest BCUT2D eigenvalue weighted by molar-refractivity contribution is 0.0202. The number of carbonyl (C=O) groups is 1. The zero-order valence-corrected chi connectivity index (χ0v) is 27.1. The number of ether oxygens (including phenoxy) is 3. The molecule has 2 aromatic carbocycles. The predicted molar refractivity (Wildman–Crippen MR) is 185 cm³/mol. The minimum Gasteiger partial charge on any atom is -0.491 e. The monoisotopic (exact) mass is 655 g/mol. The Labute approximate surface area is 276 Å². The van der Waals surface area contributed by atoms with Crippen LogP contribution in [-0.2, 0) is 11.8 Å². The van der Waals surface area contributed by atoms with E-state index in [4.69, 9.17) is 19.3 Å². The van der Waals surface area contributed by atoms with Crippen LogP contribution in [0.5, 0.6) is 17.2 Å². The number of aromatic amines is 1. The van der Waals surface area contributed by atoms with Crippen molar-refractivity contribution in [1.82, 2.24) is 14.5 Å². The Bertz CT molecular complexity index is 1900. The van der Waals surface area contributed by atoms with E-state index >= 15 is 0 Å². The second-order valence-corrected chi connectivity index (χ2v) is 12.2. The van der Waals surface area contributed by atoms with Crippen LogP contribution in [0.25, 0.3) is 22.0 Å². The third-order valence-corrected chi connectivity index (χ3v) is 8.68. The van der Waals surface area contributed by atoms with Crippen molar-refractivity contribution in [3.8, 4) is 28.4 Å². The Morgan fingerprint density at radius 1 is 1.06 bits per heavy atom. The summed E-state index contributed by atoms with van der Waals surface area (Å²) in [6.07, 6.45) is 7.09. The smallest absolute Gasteiger partial charge is 0.354 e. The molecule has 0 spiro atoms. The van der Waals surface area contributed by atoms with E-state index in [2.05, 4.69) is 26.5 Å². The molecular formula is C35H37N5O6S. The van der Waals surface area contributed by atoms with Crippen molar-refractivity contribution in [1.29, 1.82) is 0 Å². The van der Waals surface area contributed by atoms with E-state index < -0.39 is 5.97 Å². The summed E-state index contributed by atoms with van der Waals surface area (Å²) in [6, 6.07) is 18.7. The first-order valence-electron chi connectivity index (χ1n) is 15.5. The third kappa shape index (κ3) is 7.55. The van der Waals surface area contributed by atoms with Crippen molar-refractivity contribution in [3.05, 3.63) is 95.3 Å². The zero-order valence-electron chi connectivity index (χ0n) is 26.3. The molecule has 0 aliphatic carbocycles. The lowest BCUT2D eigenvalue weighted by Gasteiger charge is -2.33. The molecule has 3 N–H and O–H groups in total. The van der Waals surface area contributed by atoms with Gasteiger partial charge in [-0.15, -0.1) is 0 Å². The van der Waals surface area contributed by atoms with Crippen molar-refractivity contribution < 1.29 is 24.1 Å². The number of aryl methyl sites for hydroxylation is 1. The summed E-state index contributed by atoms with van der Waals surface area (Å²) in [5.41, 5.74) is 4.09. The second kappa shape index (κ2) is 14.7. The number of pyridine rings is 2. The molecule has 1 aliphatic heterocycles. The molecule has 4 heterocycles. The number of piperidine rings is 1. The van der Waals surface area contributed by atoms with Gasteiger partial charge in [-0.25, -0.2) is 9.78 Å². The highest BCUT2D eigenvalue weighted by atomic mass is 32.2. The molecule has 47 heavy (non-hydrogen) atoms. The van der Waals surface area contributed by atoms with E-state index in [9.17, 15) is 9.59 Å². The van der Waals surface area contributed by atoms with E-state index in [1.807, 2.05) is 54.7 Å². The van der Waals surface area contributed by atoms with E-state index in [0.29, 0.717) is 36.0 Å². The summed E-state index contributed by atoms with van der Waals surface area (Å²) in [5.74, 6) is 1.84. The zero-order chi connectivity index (χ0) is 32.8. The van der Waals surface area contributed by atoms with Gasteiger partial charge in [0.25, 0.3) is 5.56 Å². The van der Waals surface area contributed by atoms with Gasteiger partial charge < -0.3 is 38.5 Å². The lowest BCUT2D eigenvalue weighted by atomic mass is 10.0. The van der Waals surface area contributed by atoms with Gasteiger partial charge in [0.1, 0.15) is 35.1 Å². The molecule has 1 saturated heterocycles. The second-order valence-electron chi connectivity index (χ2n) is 11.2. The first kappa shape index (κ1) is 32.0. The molecule has 12 heteroatoms. The normalized spacial score (nSPS) is 13.5.